The van der Waals surface area contributed by atoms with E-state index >= 15 is 0 Å². The minimum atomic E-state index is -3.55. The van der Waals surface area contributed by atoms with Gasteiger partial charge in [-0.1, -0.05) is 18.2 Å². The molecule has 0 bridgehead atoms. The Balaban J connectivity index is 1.32. The van der Waals surface area contributed by atoms with Gasteiger partial charge in [0.1, 0.15) is 5.82 Å². The van der Waals surface area contributed by atoms with Crippen LogP contribution in [0.5, 0.6) is 0 Å². The molecule has 140 valence electrons. The van der Waals surface area contributed by atoms with Crippen molar-refractivity contribution < 1.29 is 17.6 Å². The SMILES string of the molecule is O=C(Cc1ccc(F)cc1)N1CC(=C2CN(S(=O)(=O)c3ccccn3)C2)C1. The molecule has 0 radical (unpaired) electrons. The molecule has 0 unspecified atom stereocenters. The molecule has 1 aromatic heterocycles. The zero-order valence-electron chi connectivity index (χ0n) is 14.5. The van der Waals surface area contributed by atoms with E-state index in [9.17, 15) is 17.6 Å². The zero-order chi connectivity index (χ0) is 19.0. The summed E-state index contributed by atoms with van der Waals surface area (Å²) in [4.78, 5) is 17.9. The van der Waals surface area contributed by atoms with Crippen molar-refractivity contribution in [3.63, 3.8) is 0 Å². The number of hydrogen-bond donors (Lipinski definition) is 0. The molecular formula is C19H18FN3O3S. The first-order chi connectivity index (χ1) is 12.9. The van der Waals surface area contributed by atoms with Crippen molar-refractivity contribution in [1.82, 2.24) is 14.2 Å². The van der Waals surface area contributed by atoms with Crippen LogP contribution >= 0.6 is 0 Å². The molecule has 2 aliphatic rings. The van der Waals surface area contributed by atoms with E-state index < -0.39 is 10.0 Å². The average molecular weight is 387 g/mol. The fourth-order valence-electron chi connectivity index (χ4n) is 3.11. The summed E-state index contributed by atoms with van der Waals surface area (Å²) in [5, 5.41) is 0.0544. The first kappa shape index (κ1) is 17.8. The van der Waals surface area contributed by atoms with Crippen molar-refractivity contribution in [2.45, 2.75) is 11.4 Å². The second kappa shape index (κ2) is 6.86. The van der Waals surface area contributed by atoms with E-state index in [4.69, 9.17) is 0 Å². The van der Waals surface area contributed by atoms with E-state index in [0.29, 0.717) is 26.2 Å². The number of hydrogen-bond acceptors (Lipinski definition) is 4. The Kier molecular flexibility index (Phi) is 4.53. The molecule has 2 saturated heterocycles. The standard InChI is InChI=1S/C19H18FN3O3S/c20-17-6-4-14(5-7-17)9-19(24)22-10-15(11-22)16-12-23(13-16)27(25,26)18-3-1-2-8-21-18/h1-8H,9-13H2. The van der Waals surface area contributed by atoms with Crippen molar-refractivity contribution in [1.29, 1.82) is 0 Å². The largest absolute Gasteiger partial charge is 0.334 e. The molecule has 2 fully saturated rings. The third-order valence-corrected chi connectivity index (χ3v) is 6.57. The van der Waals surface area contributed by atoms with Crippen LogP contribution < -0.4 is 0 Å². The number of sulfonamides is 1. The van der Waals surface area contributed by atoms with Crippen LogP contribution in [0.4, 0.5) is 4.39 Å². The summed E-state index contributed by atoms with van der Waals surface area (Å²) in [5.74, 6) is -0.333. The molecule has 27 heavy (non-hydrogen) atoms. The lowest BCUT2D eigenvalue weighted by molar-refractivity contribution is -0.131. The number of aromatic nitrogens is 1. The summed E-state index contributed by atoms with van der Waals surface area (Å²) in [5.41, 5.74) is 2.97. The van der Waals surface area contributed by atoms with Crippen LogP contribution in [0.3, 0.4) is 0 Å². The van der Waals surface area contributed by atoms with Gasteiger partial charge >= 0.3 is 0 Å². The number of amides is 1. The highest BCUT2D eigenvalue weighted by Gasteiger charge is 2.38. The molecule has 1 aromatic carbocycles. The summed E-state index contributed by atoms with van der Waals surface area (Å²) >= 11 is 0. The Hall–Kier alpha value is -2.58. The van der Waals surface area contributed by atoms with E-state index in [1.807, 2.05) is 0 Å². The van der Waals surface area contributed by atoms with E-state index in [1.165, 1.54) is 28.7 Å². The molecule has 2 aliphatic heterocycles. The zero-order valence-corrected chi connectivity index (χ0v) is 15.3. The van der Waals surface area contributed by atoms with Crippen LogP contribution in [0.2, 0.25) is 0 Å². The second-order valence-electron chi connectivity index (χ2n) is 6.70. The van der Waals surface area contributed by atoms with Gasteiger partial charge < -0.3 is 4.90 Å². The lowest BCUT2D eigenvalue weighted by Gasteiger charge is -2.41. The van der Waals surface area contributed by atoms with Gasteiger partial charge in [-0.05, 0) is 41.0 Å². The molecular weight excluding hydrogens is 369 g/mol. The fraction of sp³-hybridized carbons (Fsp3) is 0.263. The normalized spacial score (nSPS) is 17.4. The topological polar surface area (TPSA) is 70.6 Å². The third-order valence-electron chi connectivity index (χ3n) is 4.86. The Morgan fingerprint density at radius 1 is 1.00 bits per heavy atom. The summed E-state index contributed by atoms with van der Waals surface area (Å²) in [6, 6.07) is 10.7. The highest BCUT2D eigenvalue weighted by molar-refractivity contribution is 7.89. The van der Waals surface area contributed by atoms with Gasteiger partial charge in [-0.2, -0.15) is 4.31 Å². The number of nitrogens with zero attached hydrogens (tertiary/aromatic N) is 3. The van der Waals surface area contributed by atoms with Crippen molar-refractivity contribution in [2.24, 2.45) is 0 Å². The molecule has 3 heterocycles. The minimum Gasteiger partial charge on any atom is -0.334 e. The first-order valence-electron chi connectivity index (χ1n) is 8.56. The van der Waals surface area contributed by atoms with Gasteiger partial charge in [-0.15, -0.1) is 0 Å². The Morgan fingerprint density at radius 3 is 2.30 bits per heavy atom. The van der Waals surface area contributed by atoms with E-state index in [-0.39, 0.29) is 23.2 Å². The van der Waals surface area contributed by atoms with Crippen LogP contribution in [0, 0.1) is 5.82 Å². The molecule has 0 saturated carbocycles. The summed E-state index contributed by atoms with van der Waals surface area (Å²) < 4.78 is 39.2. The van der Waals surface area contributed by atoms with E-state index in [2.05, 4.69) is 4.98 Å². The van der Waals surface area contributed by atoms with Gasteiger partial charge in [0.25, 0.3) is 10.0 Å². The lowest BCUT2D eigenvalue weighted by atomic mass is 9.96. The lowest BCUT2D eigenvalue weighted by Crippen LogP contribution is -2.51. The van der Waals surface area contributed by atoms with Gasteiger partial charge in [0.2, 0.25) is 5.91 Å². The van der Waals surface area contributed by atoms with Crippen LogP contribution in [0.15, 0.2) is 64.8 Å². The number of rotatable bonds is 4. The third kappa shape index (κ3) is 3.50. The highest BCUT2D eigenvalue weighted by atomic mass is 32.2. The predicted octanol–water partition coefficient (Wildman–Crippen LogP) is 1.61. The predicted molar refractivity (Wildman–Crippen MR) is 96.7 cm³/mol. The van der Waals surface area contributed by atoms with Gasteiger partial charge in [0, 0.05) is 32.4 Å². The van der Waals surface area contributed by atoms with Crippen molar-refractivity contribution >= 4 is 15.9 Å². The monoisotopic (exact) mass is 387 g/mol. The van der Waals surface area contributed by atoms with E-state index in [0.717, 1.165) is 16.7 Å². The maximum Gasteiger partial charge on any atom is 0.261 e. The number of carbonyl (C=O) groups is 1. The molecule has 6 nitrogen and oxygen atoms in total. The molecule has 0 aliphatic carbocycles. The van der Waals surface area contributed by atoms with Crippen LogP contribution in [-0.4, -0.2) is 54.7 Å². The summed E-state index contributed by atoms with van der Waals surface area (Å²) in [7, 11) is -3.55. The quantitative estimate of drug-likeness (QED) is 0.748. The summed E-state index contributed by atoms with van der Waals surface area (Å²) in [6.07, 6.45) is 1.70. The van der Waals surface area contributed by atoms with Crippen LogP contribution in [-0.2, 0) is 21.2 Å². The Bertz CT molecular complexity index is 988. The molecule has 2 aromatic rings. The van der Waals surface area contributed by atoms with Gasteiger partial charge in [-0.3, -0.25) is 4.79 Å². The number of carbonyl (C=O) groups excluding carboxylic acids is 1. The van der Waals surface area contributed by atoms with Crippen molar-refractivity contribution in [3.05, 3.63) is 71.2 Å². The van der Waals surface area contributed by atoms with Crippen LogP contribution in [0.1, 0.15) is 5.56 Å². The second-order valence-corrected chi connectivity index (χ2v) is 8.59. The minimum absolute atomic E-state index is 0.0109. The molecule has 0 atom stereocenters. The number of halogens is 1. The highest BCUT2D eigenvalue weighted by Crippen LogP contribution is 2.29. The van der Waals surface area contributed by atoms with Crippen molar-refractivity contribution in [3.8, 4) is 0 Å². The average Bonchev–Trinajstić information content (AvgIpc) is 2.58. The Morgan fingerprint density at radius 2 is 1.67 bits per heavy atom. The molecule has 4 rings (SSSR count). The molecule has 0 spiro atoms. The van der Waals surface area contributed by atoms with Crippen molar-refractivity contribution in [2.75, 3.05) is 26.2 Å². The van der Waals surface area contributed by atoms with E-state index in [1.54, 1.807) is 29.2 Å². The maximum atomic E-state index is 12.9. The van der Waals surface area contributed by atoms with Gasteiger partial charge in [0.15, 0.2) is 5.03 Å². The number of pyridine rings is 1. The molecule has 1 amide bonds. The molecule has 8 heteroatoms. The fourth-order valence-corrected chi connectivity index (χ4v) is 4.47. The van der Waals surface area contributed by atoms with Gasteiger partial charge in [0.05, 0.1) is 6.42 Å². The first-order valence-corrected chi connectivity index (χ1v) is 10.0. The summed E-state index contributed by atoms with van der Waals surface area (Å²) in [6.45, 7) is 1.78. The van der Waals surface area contributed by atoms with Crippen LogP contribution in [0.25, 0.3) is 0 Å². The maximum absolute atomic E-state index is 12.9. The van der Waals surface area contributed by atoms with Gasteiger partial charge in [-0.25, -0.2) is 17.8 Å². The number of benzene rings is 1. The molecule has 0 N–H and O–H groups in total. The Labute approximate surface area is 157 Å². The number of likely N-dealkylation sites (tertiary alicyclic amines) is 1. The smallest absolute Gasteiger partial charge is 0.261 e.